The summed E-state index contributed by atoms with van der Waals surface area (Å²) in [5, 5.41) is 8.87. The van der Waals surface area contributed by atoms with E-state index in [1.54, 1.807) is 0 Å². The van der Waals surface area contributed by atoms with Crippen molar-refractivity contribution in [2.75, 3.05) is 26.2 Å². The minimum atomic E-state index is 0.337. The number of likely N-dealkylation sites (tertiary alicyclic amines) is 1. The van der Waals surface area contributed by atoms with E-state index in [0.717, 1.165) is 12.8 Å². The number of aliphatic hydroxyl groups is 1. The average Bonchev–Trinajstić information content (AvgIpc) is 2.43. The summed E-state index contributed by atoms with van der Waals surface area (Å²) in [6.07, 6.45) is 7.65. The average molecular weight is 213 g/mol. The molecule has 1 saturated heterocycles. The second-order valence-corrected chi connectivity index (χ2v) is 5.68. The highest BCUT2D eigenvalue weighted by molar-refractivity contribution is 4.75. The maximum Gasteiger partial charge on any atom is 0.0431 e. The van der Waals surface area contributed by atoms with Crippen molar-refractivity contribution in [2.24, 2.45) is 5.41 Å². The Kier molecular flexibility index (Phi) is 5.62. The van der Waals surface area contributed by atoms with Gasteiger partial charge in [-0.05, 0) is 44.2 Å². The van der Waals surface area contributed by atoms with Crippen molar-refractivity contribution in [1.82, 2.24) is 4.90 Å². The summed E-state index contributed by atoms with van der Waals surface area (Å²) < 4.78 is 0. The van der Waals surface area contributed by atoms with Crippen LogP contribution < -0.4 is 0 Å². The molecule has 15 heavy (non-hydrogen) atoms. The van der Waals surface area contributed by atoms with E-state index < -0.39 is 0 Å². The smallest absolute Gasteiger partial charge is 0.0431 e. The lowest BCUT2D eigenvalue weighted by molar-refractivity contribution is 0.159. The Balaban J connectivity index is 2.30. The predicted molar refractivity (Wildman–Crippen MR) is 65.0 cm³/mol. The summed E-state index contributed by atoms with van der Waals surface area (Å²) in [5.74, 6) is 0. The Bertz CT molecular complexity index is 160. The molecule has 0 atom stereocenters. The maximum atomic E-state index is 8.87. The third kappa shape index (κ3) is 5.53. The van der Waals surface area contributed by atoms with E-state index in [9.17, 15) is 0 Å². The molecule has 0 unspecified atom stereocenters. The molecule has 0 spiro atoms. The standard InChI is InChI=1S/C13H27NO/c1-13(2,8-7-11-15)12-14-9-5-3-4-6-10-14/h15H,3-12H2,1-2H3. The van der Waals surface area contributed by atoms with Gasteiger partial charge in [0, 0.05) is 13.2 Å². The third-order valence-electron chi connectivity index (χ3n) is 3.36. The topological polar surface area (TPSA) is 23.5 Å². The van der Waals surface area contributed by atoms with Gasteiger partial charge in [-0.3, -0.25) is 0 Å². The lowest BCUT2D eigenvalue weighted by Gasteiger charge is -2.32. The molecular formula is C13H27NO. The number of rotatable bonds is 5. The molecular weight excluding hydrogens is 186 g/mol. The van der Waals surface area contributed by atoms with E-state index in [2.05, 4.69) is 18.7 Å². The molecule has 0 bridgehead atoms. The van der Waals surface area contributed by atoms with Gasteiger partial charge < -0.3 is 10.0 Å². The van der Waals surface area contributed by atoms with Crippen molar-refractivity contribution in [1.29, 1.82) is 0 Å². The van der Waals surface area contributed by atoms with Crippen molar-refractivity contribution in [3.05, 3.63) is 0 Å². The highest BCUT2D eigenvalue weighted by atomic mass is 16.2. The quantitative estimate of drug-likeness (QED) is 0.759. The van der Waals surface area contributed by atoms with Crippen molar-refractivity contribution in [3.8, 4) is 0 Å². The zero-order valence-electron chi connectivity index (χ0n) is 10.5. The van der Waals surface area contributed by atoms with Crippen LogP contribution in [-0.4, -0.2) is 36.2 Å². The molecule has 2 nitrogen and oxygen atoms in total. The van der Waals surface area contributed by atoms with Crippen LogP contribution in [0.1, 0.15) is 52.4 Å². The van der Waals surface area contributed by atoms with Gasteiger partial charge in [0.15, 0.2) is 0 Å². The lowest BCUT2D eigenvalue weighted by atomic mass is 9.87. The molecule has 1 aliphatic heterocycles. The van der Waals surface area contributed by atoms with E-state index in [1.807, 2.05) is 0 Å². The van der Waals surface area contributed by atoms with Crippen molar-refractivity contribution in [3.63, 3.8) is 0 Å². The highest BCUT2D eigenvalue weighted by Gasteiger charge is 2.21. The van der Waals surface area contributed by atoms with Crippen molar-refractivity contribution < 1.29 is 5.11 Å². The van der Waals surface area contributed by atoms with Gasteiger partial charge in [0.05, 0.1) is 0 Å². The summed E-state index contributed by atoms with van der Waals surface area (Å²) >= 11 is 0. The van der Waals surface area contributed by atoms with Gasteiger partial charge >= 0.3 is 0 Å². The summed E-state index contributed by atoms with van der Waals surface area (Å²) in [4.78, 5) is 2.62. The van der Waals surface area contributed by atoms with Crippen molar-refractivity contribution in [2.45, 2.75) is 52.4 Å². The predicted octanol–water partition coefficient (Wildman–Crippen LogP) is 2.66. The van der Waals surface area contributed by atoms with E-state index in [4.69, 9.17) is 5.11 Å². The Labute approximate surface area is 94.7 Å². The summed E-state index contributed by atoms with van der Waals surface area (Å²) in [7, 11) is 0. The van der Waals surface area contributed by atoms with Crippen LogP contribution >= 0.6 is 0 Å². The fraction of sp³-hybridized carbons (Fsp3) is 1.00. The molecule has 0 aliphatic carbocycles. The Hall–Kier alpha value is -0.0800. The van der Waals surface area contributed by atoms with E-state index in [0.29, 0.717) is 12.0 Å². The highest BCUT2D eigenvalue weighted by Crippen LogP contribution is 2.24. The molecule has 0 aromatic rings. The van der Waals surface area contributed by atoms with Gasteiger partial charge in [0.1, 0.15) is 0 Å². The third-order valence-corrected chi connectivity index (χ3v) is 3.36. The summed E-state index contributed by atoms with van der Waals surface area (Å²) in [5.41, 5.74) is 0.368. The Morgan fingerprint density at radius 3 is 2.20 bits per heavy atom. The number of hydrogen-bond donors (Lipinski definition) is 1. The van der Waals surface area contributed by atoms with Gasteiger partial charge in [0.2, 0.25) is 0 Å². The zero-order chi connectivity index (χ0) is 11.1. The molecule has 0 radical (unpaired) electrons. The summed E-state index contributed by atoms with van der Waals surface area (Å²) in [6, 6.07) is 0. The van der Waals surface area contributed by atoms with Gasteiger partial charge in [-0.15, -0.1) is 0 Å². The normalized spacial score (nSPS) is 20.2. The molecule has 2 heteroatoms. The molecule has 1 aliphatic rings. The largest absolute Gasteiger partial charge is 0.396 e. The van der Waals surface area contributed by atoms with Crippen LogP contribution in [0.4, 0.5) is 0 Å². The van der Waals surface area contributed by atoms with Crippen LogP contribution in [0.3, 0.4) is 0 Å². The van der Waals surface area contributed by atoms with Crippen molar-refractivity contribution >= 4 is 0 Å². The fourth-order valence-electron chi connectivity index (χ4n) is 2.54. The van der Waals surface area contributed by atoms with Crippen LogP contribution in [-0.2, 0) is 0 Å². The van der Waals surface area contributed by atoms with Gasteiger partial charge in [-0.2, -0.15) is 0 Å². The molecule has 1 N–H and O–H groups in total. The fourth-order valence-corrected chi connectivity index (χ4v) is 2.54. The number of aliphatic hydroxyl groups excluding tert-OH is 1. The monoisotopic (exact) mass is 213 g/mol. The van der Waals surface area contributed by atoms with Crippen LogP contribution in [0, 0.1) is 5.41 Å². The molecule has 0 amide bonds. The zero-order valence-corrected chi connectivity index (χ0v) is 10.5. The van der Waals surface area contributed by atoms with Gasteiger partial charge in [-0.25, -0.2) is 0 Å². The SMILES string of the molecule is CC(C)(CCCO)CN1CCCCCC1. The van der Waals surface area contributed by atoms with E-state index >= 15 is 0 Å². The van der Waals surface area contributed by atoms with Crippen LogP contribution in [0.15, 0.2) is 0 Å². The Morgan fingerprint density at radius 1 is 1.07 bits per heavy atom. The first kappa shape index (κ1) is 13.0. The van der Waals surface area contributed by atoms with E-state index in [-0.39, 0.29) is 0 Å². The first-order chi connectivity index (χ1) is 7.14. The Morgan fingerprint density at radius 2 is 1.67 bits per heavy atom. The molecule has 0 aromatic carbocycles. The lowest BCUT2D eigenvalue weighted by Crippen LogP contribution is -2.35. The molecule has 0 aromatic heterocycles. The van der Waals surface area contributed by atoms with Gasteiger partial charge in [0.25, 0.3) is 0 Å². The minimum absolute atomic E-state index is 0.337. The first-order valence-corrected chi connectivity index (χ1v) is 6.47. The maximum absolute atomic E-state index is 8.87. The molecule has 1 heterocycles. The minimum Gasteiger partial charge on any atom is -0.396 e. The van der Waals surface area contributed by atoms with Gasteiger partial charge in [-0.1, -0.05) is 26.7 Å². The van der Waals surface area contributed by atoms with Crippen LogP contribution in [0.2, 0.25) is 0 Å². The van der Waals surface area contributed by atoms with Crippen LogP contribution in [0.25, 0.3) is 0 Å². The second-order valence-electron chi connectivity index (χ2n) is 5.68. The molecule has 1 fully saturated rings. The first-order valence-electron chi connectivity index (χ1n) is 6.47. The molecule has 1 rings (SSSR count). The van der Waals surface area contributed by atoms with E-state index in [1.165, 1.54) is 45.3 Å². The molecule has 0 saturated carbocycles. The number of nitrogens with zero attached hydrogens (tertiary/aromatic N) is 1. The second kappa shape index (κ2) is 6.49. The number of hydrogen-bond acceptors (Lipinski definition) is 2. The molecule has 90 valence electrons. The summed E-state index contributed by atoms with van der Waals surface area (Å²) in [6.45, 7) is 8.75. The van der Waals surface area contributed by atoms with Crippen LogP contribution in [0.5, 0.6) is 0 Å².